The first-order valence-electron chi connectivity index (χ1n) is 6.99. The lowest BCUT2D eigenvalue weighted by Crippen LogP contribution is -2.47. The minimum absolute atomic E-state index is 0.00523. The van der Waals surface area contributed by atoms with Gasteiger partial charge in [-0.3, -0.25) is 4.79 Å². The summed E-state index contributed by atoms with van der Waals surface area (Å²) in [7, 11) is 0. The van der Waals surface area contributed by atoms with E-state index in [1.165, 1.54) is 12.8 Å². The third kappa shape index (κ3) is 4.55. The van der Waals surface area contributed by atoms with Gasteiger partial charge < -0.3 is 15.1 Å². The number of amides is 3. The van der Waals surface area contributed by atoms with Crippen molar-refractivity contribution < 1.29 is 9.59 Å². The van der Waals surface area contributed by atoms with Crippen LogP contribution in [0.5, 0.6) is 0 Å². The molecule has 0 spiro atoms. The van der Waals surface area contributed by atoms with Crippen molar-refractivity contribution in [3.05, 3.63) is 0 Å². The van der Waals surface area contributed by atoms with Crippen molar-refractivity contribution in [3.63, 3.8) is 0 Å². The van der Waals surface area contributed by atoms with E-state index in [1.54, 1.807) is 4.90 Å². The summed E-state index contributed by atoms with van der Waals surface area (Å²) in [6.07, 6.45) is 4.55. The molecule has 0 bridgehead atoms. The molecule has 0 aliphatic carbocycles. The van der Waals surface area contributed by atoms with Gasteiger partial charge in [0.05, 0.1) is 0 Å². The first-order valence-corrected chi connectivity index (χ1v) is 6.99. The lowest BCUT2D eigenvalue weighted by Gasteiger charge is -2.28. The lowest BCUT2D eigenvalue weighted by atomic mass is 10.2. The first kappa shape index (κ1) is 14.8. The van der Waals surface area contributed by atoms with E-state index in [2.05, 4.69) is 5.32 Å². The molecule has 1 rings (SSSR count). The van der Waals surface area contributed by atoms with Gasteiger partial charge in [0.25, 0.3) is 0 Å². The van der Waals surface area contributed by atoms with Gasteiger partial charge in [-0.15, -0.1) is 0 Å². The maximum atomic E-state index is 12.3. The normalized spacial score (nSPS) is 16.0. The molecule has 0 unspecified atom stereocenters. The topological polar surface area (TPSA) is 52.7 Å². The second kappa shape index (κ2) is 7.95. The summed E-state index contributed by atoms with van der Waals surface area (Å²) >= 11 is 0. The van der Waals surface area contributed by atoms with E-state index in [0.29, 0.717) is 13.1 Å². The molecule has 1 aliphatic heterocycles. The van der Waals surface area contributed by atoms with Gasteiger partial charge in [-0.25, -0.2) is 4.79 Å². The number of hydrogen-bond donors (Lipinski definition) is 1. The molecular formula is C13H25N3O2. The number of nitrogens with zero attached hydrogens (tertiary/aromatic N) is 2. The highest BCUT2D eigenvalue weighted by Crippen LogP contribution is 2.11. The molecule has 0 aromatic carbocycles. The summed E-state index contributed by atoms with van der Waals surface area (Å²) in [4.78, 5) is 27.3. The fourth-order valence-electron chi connectivity index (χ4n) is 2.20. The molecule has 0 aromatic heterocycles. The number of likely N-dealkylation sites (tertiary alicyclic amines) is 1. The van der Waals surface area contributed by atoms with Crippen LogP contribution in [0.25, 0.3) is 0 Å². The standard InChI is InChI=1S/C13H25N3O2/c1-3-14-12(17)11-15(4-2)13(18)16-9-7-5-6-8-10-16/h3-11H2,1-2H3,(H,14,17). The van der Waals surface area contributed by atoms with E-state index in [0.717, 1.165) is 25.9 Å². The quantitative estimate of drug-likeness (QED) is 0.826. The third-order valence-electron chi connectivity index (χ3n) is 3.24. The molecule has 1 saturated heterocycles. The summed E-state index contributed by atoms with van der Waals surface area (Å²) in [6.45, 7) is 6.79. The number of carbonyl (C=O) groups excluding carboxylic acids is 2. The number of hydrogen-bond acceptors (Lipinski definition) is 2. The van der Waals surface area contributed by atoms with Crippen molar-refractivity contribution >= 4 is 11.9 Å². The number of rotatable bonds is 4. The van der Waals surface area contributed by atoms with Crippen molar-refractivity contribution in [2.45, 2.75) is 39.5 Å². The van der Waals surface area contributed by atoms with Gasteiger partial charge in [-0.2, -0.15) is 0 Å². The smallest absolute Gasteiger partial charge is 0.320 e. The molecule has 104 valence electrons. The minimum atomic E-state index is -0.0810. The molecule has 0 saturated carbocycles. The average Bonchev–Trinajstić information content (AvgIpc) is 2.64. The summed E-state index contributed by atoms with van der Waals surface area (Å²) in [5.41, 5.74) is 0. The predicted octanol–water partition coefficient (Wildman–Crippen LogP) is 1.44. The van der Waals surface area contributed by atoms with Gasteiger partial charge in [0.2, 0.25) is 5.91 Å². The Kier molecular flexibility index (Phi) is 6.54. The Morgan fingerprint density at radius 1 is 1.11 bits per heavy atom. The van der Waals surface area contributed by atoms with Gasteiger partial charge in [0.15, 0.2) is 0 Å². The Labute approximate surface area is 110 Å². The highest BCUT2D eigenvalue weighted by atomic mass is 16.2. The maximum absolute atomic E-state index is 12.3. The zero-order chi connectivity index (χ0) is 13.4. The third-order valence-corrected chi connectivity index (χ3v) is 3.24. The molecule has 1 N–H and O–H groups in total. The largest absolute Gasteiger partial charge is 0.355 e. The molecule has 0 atom stereocenters. The Balaban J connectivity index is 2.51. The zero-order valence-corrected chi connectivity index (χ0v) is 11.6. The fourth-order valence-corrected chi connectivity index (χ4v) is 2.20. The second-order valence-electron chi connectivity index (χ2n) is 4.65. The van der Waals surface area contributed by atoms with E-state index in [1.807, 2.05) is 18.7 Å². The van der Waals surface area contributed by atoms with Crippen LogP contribution in [0.4, 0.5) is 4.79 Å². The van der Waals surface area contributed by atoms with Crippen LogP contribution < -0.4 is 5.32 Å². The zero-order valence-electron chi connectivity index (χ0n) is 11.6. The van der Waals surface area contributed by atoms with Crippen molar-refractivity contribution in [1.82, 2.24) is 15.1 Å². The van der Waals surface area contributed by atoms with Crippen LogP contribution in [0.3, 0.4) is 0 Å². The molecule has 5 heteroatoms. The monoisotopic (exact) mass is 255 g/mol. The van der Waals surface area contributed by atoms with E-state index in [-0.39, 0.29) is 18.5 Å². The molecule has 5 nitrogen and oxygen atoms in total. The summed E-state index contributed by atoms with van der Waals surface area (Å²) in [5, 5.41) is 2.73. The van der Waals surface area contributed by atoms with Crippen LogP contribution in [0.15, 0.2) is 0 Å². The average molecular weight is 255 g/mol. The minimum Gasteiger partial charge on any atom is -0.355 e. The van der Waals surface area contributed by atoms with Crippen molar-refractivity contribution in [2.24, 2.45) is 0 Å². The second-order valence-corrected chi connectivity index (χ2v) is 4.65. The SMILES string of the molecule is CCNC(=O)CN(CC)C(=O)N1CCCCCC1. The van der Waals surface area contributed by atoms with Crippen LogP contribution in [0, 0.1) is 0 Å². The Hall–Kier alpha value is -1.26. The number of likely N-dealkylation sites (N-methyl/N-ethyl adjacent to an activating group) is 2. The maximum Gasteiger partial charge on any atom is 0.320 e. The van der Waals surface area contributed by atoms with E-state index in [9.17, 15) is 9.59 Å². The highest BCUT2D eigenvalue weighted by molar-refractivity contribution is 5.84. The molecule has 1 fully saturated rings. The fraction of sp³-hybridized carbons (Fsp3) is 0.846. The Bertz CT molecular complexity index is 273. The molecule has 0 aromatic rings. The number of carbonyl (C=O) groups is 2. The predicted molar refractivity (Wildman–Crippen MR) is 71.4 cm³/mol. The van der Waals surface area contributed by atoms with Crippen molar-refractivity contribution in [1.29, 1.82) is 0 Å². The van der Waals surface area contributed by atoms with Crippen LogP contribution in [0.1, 0.15) is 39.5 Å². The number of nitrogens with one attached hydrogen (secondary N) is 1. The molecule has 1 aliphatic rings. The highest BCUT2D eigenvalue weighted by Gasteiger charge is 2.22. The summed E-state index contributed by atoms with van der Waals surface area (Å²) in [5.74, 6) is -0.0810. The molecule has 3 amide bonds. The van der Waals surface area contributed by atoms with Gasteiger partial charge in [0, 0.05) is 26.2 Å². The van der Waals surface area contributed by atoms with Crippen molar-refractivity contribution in [2.75, 3.05) is 32.7 Å². The van der Waals surface area contributed by atoms with E-state index >= 15 is 0 Å². The van der Waals surface area contributed by atoms with Crippen molar-refractivity contribution in [3.8, 4) is 0 Å². The summed E-state index contributed by atoms with van der Waals surface area (Å²) < 4.78 is 0. The van der Waals surface area contributed by atoms with Gasteiger partial charge >= 0.3 is 6.03 Å². The Morgan fingerprint density at radius 2 is 1.72 bits per heavy atom. The van der Waals surface area contributed by atoms with Crippen LogP contribution in [-0.2, 0) is 4.79 Å². The first-order chi connectivity index (χ1) is 8.69. The molecule has 18 heavy (non-hydrogen) atoms. The van der Waals surface area contributed by atoms with E-state index in [4.69, 9.17) is 0 Å². The molecular weight excluding hydrogens is 230 g/mol. The molecule has 0 radical (unpaired) electrons. The summed E-state index contributed by atoms with van der Waals surface area (Å²) in [6, 6.07) is 0.00523. The van der Waals surface area contributed by atoms with Crippen LogP contribution in [0.2, 0.25) is 0 Å². The van der Waals surface area contributed by atoms with Gasteiger partial charge in [0.1, 0.15) is 6.54 Å². The van der Waals surface area contributed by atoms with Crippen LogP contribution >= 0.6 is 0 Å². The lowest BCUT2D eigenvalue weighted by molar-refractivity contribution is -0.121. The van der Waals surface area contributed by atoms with E-state index < -0.39 is 0 Å². The van der Waals surface area contributed by atoms with Crippen LogP contribution in [-0.4, -0.2) is 54.5 Å². The number of urea groups is 1. The van der Waals surface area contributed by atoms with Gasteiger partial charge in [-0.1, -0.05) is 12.8 Å². The van der Waals surface area contributed by atoms with Gasteiger partial charge in [-0.05, 0) is 26.7 Å². The molecule has 1 heterocycles. The Morgan fingerprint density at radius 3 is 2.22 bits per heavy atom.